The Bertz CT molecular complexity index is 702. The summed E-state index contributed by atoms with van der Waals surface area (Å²) >= 11 is 0. The molecule has 2 heterocycles. The van der Waals surface area contributed by atoms with E-state index in [0.717, 1.165) is 26.1 Å². The number of anilines is 1. The monoisotopic (exact) mass is 338 g/mol. The van der Waals surface area contributed by atoms with E-state index in [1.807, 2.05) is 26.0 Å². The molecule has 0 spiro atoms. The fraction of sp³-hybridized carbons (Fsp3) is 0.400. The van der Waals surface area contributed by atoms with E-state index in [1.54, 1.807) is 12.3 Å². The summed E-state index contributed by atoms with van der Waals surface area (Å²) in [4.78, 5) is 19.3. The molecule has 0 saturated carbocycles. The van der Waals surface area contributed by atoms with Crippen molar-refractivity contribution in [3.63, 3.8) is 0 Å². The Morgan fingerprint density at radius 3 is 2.80 bits per heavy atom. The zero-order valence-electron chi connectivity index (χ0n) is 14.9. The highest BCUT2D eigenvalue weighted by atomic mass is 16.1. The molecule has 1 saturated heterocycles. The molecule has 0 radical (unpaired) electrons. The number of likely N-dealkylation sites (tertiary alicyclic amines) is 1. The Kier molecular flexibility index (Phi) is 5.66. The SMILES string of the molecule is CC(C)Nc1ncccc1C(=O)NC1CCN(Cc2ccccc2)C1. The van der Waals surface area contributed by atoms with Crippen molar-refractivity contribution in [1.29, 1.82) is 0 Å². The van der Waals surface area contributed by atoms with Gasteiger partial charge in [0.05, 0.1) is 5.56 Å². The number of nitrogens with one attached hydrogen (secondary N) is 2. The number of aromatic nitrogens is 1. The van der Waals surface area contributed by atoms with E-state index >= 15 is 0 Å². The van der Waals surface area contributed by atoms with E-state index in [4.69, 9.17) is 0 Å². The van der Waals surface area contributed by atoms with Gasteiger partial charge in [0, 0.05) is 37.9 Å². The zero-order chi connectivity index (χ0) is 17.6. The molecule has 1 aliphatic heterocycles. The van der Waals surface area contributed by atoms with Crippen LogP contribution in [0.15, 0.2) is 48.7 Å². The number of carbonyl (C=O) groups is 1. The molecule has 5 nitrogen and oxygen atoms in total. The predicted octanol–water partition coefficient (Wildman–Crippen LogP) is 2.91. The average molecular weight is 338 g/mol. The molecular weight excluding hydrogens is 312 g/mol. The molecule has 1 amide bonds. The summed E-state index contributed by atoms with van der Waals surface area (Å²) in [6, 6.07) is 14.5. The number of pyridine rings is 1. The maximum atomic E-state index is 12.7. The van der Waals surface area contributed by atoms with Crippen LogP contribution in [0.3, 0.4) is 0 Å². The van der Waals surface area contributed by atoms with Crippen LogP contribution in [0.4, 0.5) is 5.82 Å². The van der Waals surface area contributed by atoms with Gasteiger partial charge in [-0.2, -0.15) is 0 Å². The maximum absolute atomic E-state index is 12.7. The summed E-state index contributed by atoms with van der Waals surface area (Å²) in [5.74, 6) is 0.594. The Hall–Kier alpha value is -2.40. The van der Waals surface area contributed by atoms with Gasteiger partial charge in [0.2, 0.25) is 0 Å². The van der Waals surface area contributed by atoms with E-state index in [2.05, 4.69) is 44.8 Å². The average Bonchev–Trinajstić information content (AvgIpc) is 3.02. The van der Waals surface area contributed by atoms with E-state index < -0.39 is 0 Å². The lowest BCUT2D eigenvalue weighted by molar-refractivity contribution is 0.0938. The van der Waals surface area contributed by atoms with Crippen LogP contribution in [0, 0.1) is 0 Å². The summed E-state index contributed by atoms with van der Waals surface area (Å²) in [7, 11) is 0. The lowest BCUT2D eigenvalue weighted by atomic mass is 10.2. The number of hydrogen-bond donors (Lipinski definition) is 2. The number of carbonyl (C=O) groups excluding carboxylic acids is 1. The minimum absolute atomic E-state index is 0.0530. The van der Waals surface area contributed by atoms with Crippen molar-refractivity contribution >= 4 is 11.7 Å². The summed E-state index contributed by atoms with van der Waals surface area (Å²) in [6.07, 6.45) is 2.68. The molecule has 1 fully saturated rings. The van der Waals surface area contributed by atoms with Crippen LogP contribution in [0.2, 0.25) is 0 Å². The summed E-state index contributed by atoms with van der Waals surface area (Å²) in [5.41, 5.74) is 1.92. The summed E-state index contributed by atoms with van der Waals surface area (Å²) < 4.78 is 0. The molecule has 1 aromatic heterocycles. The number of amides is 1. The second kappa shape index (κ2) is 8.12. The third-order valence-corrected chi connectivity index (χ3v) is 4.33. The highest BCUT2D eigenvalue weighted by molar-refractivity contribution is 5.98. The minimum atomic E-state index is -0.0530. The van der Waals surface area contributed by atoms with E-state index in [0.29, 0.717) is 11.4 Å². The van der Waals surface area contributed by atoms with E-state index in [1.165, 1.54) is 5.56 Å². The van der Waals surface area contributed by atoms with E-state index in [-0.39, 0.29) is 18.0 Å². The molecule has 0 bridgehead atoms. The van der Waals surface area contributed by atoms with Gasteiger partial charge in [-0.1, -0.05) is 30.3 Å². The largest absolute Gasteiger partial charge is 0.367 e. The third kappa shape index (κ3) is 4.79. The van der Waals surface area contributed by atoms with Crippen LogP contribution in [0.25, 0.3) is 0 Å². The molecule has 2 N–H and O–H groups in total. The second-order valence-electron chi connectivity index (χ2n) is 6.88. The molecule has 1 atom stereocenters. The van der Waals surface area contributed by atoms with Crippen LogP contribution in [0.5, 0.6) is 0 Å². The number of benzene rings is 1. The van der Waals surface area contributed by atoms with Gasteiger partial charge < -0.3 is 10.6 Å². The first-order valence-electron chi connectivity index (χ1n) is 8.90. The van der Waals surface area contributed by atoms with Crippen molar-refractivity contribution in [2.24, 2.45) is 0 Å². The standard InChI is InChI=1S/C20H26N4O/c1-15(2)22-19-18(9-6-11-21-19)20(25)23-17-10-12-24(14-17)13-16-7-4-3-5-8-16/h3-9,11,15,17H,10,12-14H2,1-2H3,(H,21,22)(H,23,25). The van der Waals surface area contributed by atoms with E-state index in [9.17, 15) is 4.79 Å². The number of hydrogen-bond acceptors (Lipinski definition) is 4. The molecule has 132 valence electrons. The fourth-order valence-corrected chi connectivity index (χ4v) is 3.18. The Morgan fingerprint density at radius 1 is 1.24 bits per heavy atom. The Morgan fingerprint density at radius 2 is 2.04 bits per heavy atom. The number of nitrogens with zero attached hydrogens (tertiary/aromatic N) is 2. The van der Waals surface area contributed by atoms with Crippen molar-refractivity contribution in [3.8, 4) is 0 Å². The topological polar surface area (TPSA) is 57.3 Å². The van der Waals surface area contributed by atoms with Gasteiger partial charge in [-0.3, -0.25) is 9.69 Å². The van der Waals surface area contributed by atoms with Gasteiger partial charge in [-0.05, 0) is 38.0 Å². The van der Waals surface area contributed by atoms with Crippen molar-refractivity contribution in [2.75, 3.05) is 18.4 Å². The highest BCUT2D eigenvalue weighted by Gasteiger charge is 2.25. The molecular formula is C20H26N4O. The van der Waals surface area contributed by atoms with Gasteiger partial charge in [0.1, 0.15) is 5.82 Å². The van der Waals surface area contributed by atoms with Crippen molar-refractivity contribution in [1.82, 2.24) is 15.2 Å². The quantitative estimate of drug-likeness (QED) is 0.850. The molecule has 5 heteroatoms. The van der Waals surface area contributed by atoms with Gasteiger partial charge >= 0.3 is 0 Å². The third-order valence-electron chi connectivity index (χ3n) is 4.33. The maximum Gasteiger partial charge on any atom is 0.255 e. The molecule has 0 aliphatic carbocycles. The normalized spacial score (nSPS) is 17.6. The molecule has 2 aromatic rings. The van der Waals surface area contributed by atoms with Crippen LogP contribution in [-0.2, 0) is 6.54 Å². The zero-order valence-corrected chi connectivity index (χ0v) is 14.9. The summed E-state index contributed by atoms with van der Waals surface area (Å²) in [6.45, 7) is 6.89. The smallest absolute Gasteiger partial charge is 0.255 e. The lowest BCUT2D eigenvalue weighted by Crippen LogP contribution is -2.37. The molecule has 3 rings (SSSR count). The van der Waals surface area contributed by atoms with Crippen molar-refractivity contribution in [3.05, 3.63) is 59.8 Å². The van der Waals surface area contributed by atoms with Crippen LogP contribution >= 0.6 is 0 Å². The molecule has 1 aliphatic rings. The van der Waals surface area contributed by atoms with Crippen LogP contribution in [-0.4, -0.2) is 41.0 Å². The minimum Gasteiger partial charge on any atom is -0.367 e. The second-order valence-corrected chi connectivity index (χ2v) is 6.88. The van der Waals surface area contributed by atoms with Gasteiger partial charge in [0.25, 0.3) is 5.91 Å². The van der Waals surface area contributed by atoms with Gasteiger partial charge in [0.15, 0.2) is 0 Å². The first-order valence-corrected chi connectivity index (χ1v) is 8.90. The van der Waals surface area contributed by atoms with Crippen molar-refractivity contribution < 1.29 is 4.79 Å². The first kappa shape index (κ1) is 17.4. The number of rotatable bonds is 6. The summed E-state index contributed by atoms with van der Waals surface area (Å²) in [5, 5.41) is 6.40. The molecule has 1 unspecified atom stereocenters. The highest BCUT2D eigenvalue weighted by Crippen LogP contribution is 2.16. The van der Waals surface area contributed by atoms with Gasteiger partial charge in [-0.25, -0.2) is 4.98 Å². The van der Waals surface area contributed by atoms with Crippen molar-refractivity contribution in [2.45, 2.75) is 38.9 Å². The molecule has 25 heavy (non-hydrogen) atoms. The molecule has 1 aromatic carbocycles. The Labute approximate surface area is 149 Å². The lowest BCUT2D eigenvalue weighted by Gasteiger charge is -2.18. The predicted molar refractivity (Wildman–Crippen MR) is 101 cm³/mol. The van der Waals surface area contributed by atoms with Gasteiger partial charge in [-0.15, -0.1) is 0 Å². The first-order chi connectivity index (χ1) is 12.1. The van der Waals surface area contributed by atoms with Crippen LogP contribution in [0.1, 0.15) is 36.2 Å². The fourth-order valence-electron chi connectivity index (χ4n) is 3.18. The van der Waals surface area contributed by atoms with Crippen LogP contribution < -0.4 is 10.6 Å². The Balaban J connectivity index is 1.57.